The van der Waals surface area contributed by atoms with Crippen LogP contribution in [0.3, 0.4) is 0 Å². The Kier molecular flexibility index (Phi) is 7.25. The van der Waals surface area contributed by atoms with Gasteiger partial charge in [0.2, 0.25) is 0 Å². The van der Waals surface area contributed by atoms with E-state index >= 15 is 0 Å². The number of nitriles is 2. The summed E-state index contributed by atoms with van der Waals surface area (Å²) in [6, 6.07) is 18.8. The van der Waals surface area contributed by atoms with E-state index < -0.39 is 12.2 Å². The number of hydrogen-bond donors (Lipinski definition) is 0. The summed E-state index contributed by atoms with van der Waals surface area (Å²) in [5, 5.41) is 17.7. The molecule has 0 saturated heterocycles. The molecule has 0 radical (unpaired) electrons. The number of benzene rings is 2. The van der Waals surface area contributed by atoms with Gasteiger partial charge in [-0.2, -0.15) is 10.5 Å². The number of Topliss-reactive ketones (excluding diaryl/α,β-unsaturated/α-hetero) is 1. The van der Waals surface area contributed by atoms with Gasteiger partial charge in [0.05, 0.1) is 0 Å². The van der Waals surface area contributed by atoms with Crippen LogP contribution >= 0.6 is 0 Å². The summed E-state index contributed by atoms with van der Waals surface area (Å²) in [5.74, 6) is 1.33. The van der Waals surface area contributed by atoms with Crippen molar-refractivity contribution in [1.82, 2.24) is 0 Å². The highest BCUT2D eigenvalue weighted by Gasteiger charge is 2.20. The molecule has 2 aromatic rings. The smallest absolute Gasteiger partial charge is 0.185 e. The van der Waals surface area contributed by atoms with Crippen LogP contribution < -0.4 is 9.47 Å². The molecular formula is C26H24N2O3. The Hall–Kier alpha value is -3.83. The lowest BCUT2D eigenvalue weighted by molar-refractivity contribution is -0.112. The van der Waals surface area contributed by atoms with Crippen LogP contribution in [0.2, 0.25) is 0 Å². The summed E-state index contributed by atoms with van der Waals surface area (Å²) >= 11 is 0. The van der Waals surface area contributed by atoms with E-state index in [1.165, 1.54) is 0 Å². The van der Waals surface area contributed by atoms with E-state index in [4.69, 9.17) is 20.0 Å². The standard InChI is InChI=1S/C26H24N2O3/c1-18(16-27)30-24-10-6-20(7-11-24)14-22-4-3-5-23(26(22)29)15-21-8-12-25(13-9-21)31-19(2)17-28/h6-15,18-19H,3-5H2,1-2H3/b22-14-,23-15+. The maximum atomic E-state index is 13.0. The maximum absolute atomic E-state index is 13.0. The summed E-state index contributed by atoms with van der Waals surface area (Å²) in [5.41, 5.74) is 3.43. The molecule has 0 aromatic heterocycles. The van der Waals surface area contributed by atoms with Gasteiger partial charge in [0.15, 0.2) is 18.0 Å². The quantitative estimate of drug-likeness (QED) is 0.586. The second-order valence-corrected chi connectivity index (χ2v) is 7.44. The third-order valence-electron chi connectivity index (χ3n) is 4.91. The second kappa shape index (κ2) is 10.3. The number of nitrogens with zero attached hydrogens (tertiary/aromatic N) is 2. The first-order chi connectivity index (χ1) is 15.0. The predicted molar refractivity (Wildman–Crippen MR) is 119 cm³/mol. The molecule has 5 heteroatoms. The van der Waals surface area contributed by atoms with Crippen molar-refractivity contribution in [1.29, 1.82) is 10.5 Å². The average molecular weight is 412 g/mol. The third kappa shape index (κ3) is 6.07. The SMILES string of the molecule is CC(C#N)Oc1ccc(/C=C2/CCC/C(=C\c3ccc(OC(C)C#N)cc3)C2=O)cc1. The van der Waals surface area contributed by atoms with Crippen molar-refractivity contribution in [3.8, 4) is 23.6 Å². The zero-order chi connectivity index (χ0) is 22.2. The Bertz CT molecular complexity index is 982. The topological polar surface area (TPSA) is 83.1 Å². The first kappa shape index (κ1) is 21.9. The number of ketones is 1. The van der Waals surface area contributed by atoms with Crippen LogP contribution in [-0.4, -0.2) is 18.0 Å². The molecule has 156 valence electrons. The van der Waals surface area contributed by atoms with Gasteiger partial charge < -0.3 is 9.47 Å². The summed E-state index contributed by atoms with van der Waals surface area (Å²) < 4.78 is 10.9. The summed E-state index contributed by atoms with van der Waals surface area (Å²) in [7, 11) is 0. The minimum Gasteiger partial charge on any atom is -0.476 e. The summed E-state index contributed by atoms with van der Waals surface area (Å²) in [6.45, 7) is 3.38. The Morgan fingerprint density at radius 2 is 1.16 bits per heavy atom. The molecular weight excluding hydrogens is 388 g/mol. The molecule has 3 rings (SSSR count). The fourth-order valence-corrected chi connectivity index (χ4v) is 3.33. The lowest BCUT2D eigenvalue weighted by Crippen LogP contribution is -2.12. The van der Waals surface area contributed by atoms with Crippen LogP contribution in [0.5, 0.6) is 11.5 Å². The van der Waals surface area contributed by atoms with E-state index in [-0.39, 0.29) is 5.78 Å². The number of rotatable bonds is 6. The molecule has 1 fully saturated rings. The minimum atomic E-state index is -0.507. The van der Waals surface area contributed by atoms with E-state index in [1.807, 2.05) is 48.6 Å². The molecule has 2 atom stereocenters. The van der Waals surface area contributed by atoms with E-state index in [0.717, 1.165) is 41.5 Å². The third-order valence-corrected chi connectivity index (χ3v) is 4.91. The van der Waals surface area contributed by atoms with Gasteiger partial charge in [-0.15, -0.1) is 0 Å². The molecule has 2 aromatic carbocycles. The molecule has 0 heterocycles. The van der Waals surface area contributed by atoms with Crippen LogP contribution in [0.15, 0.2) is 59.7 Å². The molecule has 2 unspecified atom stereocenters. The largest absolute Gasteiger partial charge is 0.476 e. The van der Waals surface area contributed by atoms with Gasteiger partial charge in [-0.1, -0.05) is 24.3 Å². The van der Waals surface area contributed by atoms with Crippen LogP contribution in [0.1, 0.15) is 44.2 Å². The van der Waals surface area contributed by atoms with Crippen molar-refractivity contribution in [3.63, 3.8) is 0 Å². The molecule has 1 aliphatic rings. The Labute approximate surface area is 182 Å². The fraction of sp³-hybridized carbons (Fsp3) is 0.269. The lowest BCUT2D eigenvalue weighted by atomic mass is 9.87. The molecule has 0 spiro atoms. The zero-order valence-electron chi connectivity index (χ0n) is 17.7. The van der Waals surface area contributed by atoms with E-state index in [2.05, 4.69) is 0 Å². The van der Waals surface area contributed by atoms with Gasteiger partial charge >= 0.3 is 0 Å². The van der Waals surface area contributed by atoms with Crippen molar-refractivity contribution in [3.05, 3.63) is 70.8 Å². The van der Waals surface area contributed by atoms with Crippen molar-refractivity contribution < 1.29 is 14.3 Å². The van der Waals surface area contributed by atoms with Crippen LogP contribution in [-0.2, 0) is 4.79 Å². The number of allylic oxidation sites excluding steroid dienone is 2. The molecule has 1 saturated carbocycles. The van der Waals surface area contributed by atoms with Crippen molar-refractivity contribution in [2.24, 2.45) is 0 Å². The number of carbonyl (C=O) groups excluding carboxylic acids is 1. The normalized spacial score (nSPS) is 18.1. The van der Waals surface area contributed by atoms with Crippen molar-refractivity contribution in [2.75, 3.05) is 0 Å². The molecule has 0 amide bonds. The van der Waals surface area contributed by atoms with Crippen molar-refractivity contribution >= 4 is 17.9 Å². The fourth-order valence-electron chi connectivity index (χ4n) is 3.33. The van der Waals surface area contributed by atoms with E-state index in [1.54, 1.807) is 38.1 Å². The number of hydrogen-bond acceptors (Lipinski definition) is 5. The second-order valence-electron chi connectivity index (χ2n) is 7.44. The van der Waals surface area contributed by atoms with Gasteiger partial charge in [0, 0.05) is 11.1 Å². The van der Waals surface area contributed by atoms with E-state index in [9.17, 15) is 4.79 Å². The van der Waals surface area contributed by atoms with E-state index in [0.29, 0.717) is 11.5 Å². The Morgan fingerprint density at radius 1 is 0.774 bits per heavy atom. The molecule has 1 aliphatic carbocycles. The van der Waals surface area contributed by atoms with Gasteiger partial charge in [-0.3, -0.25) is 4.79 Å². The van der Waals surface area contributed by atoms with Gasteiger partial charge in [0.1, 0.15) is 23.6 Å². The summed E-state index contributed by atoms with van der Waals surface area (Å²) in [4.78, 5) is 13.0. The number of carbonyl (C=O) groups is 1. The lowest BCUT2D eigenvalue weighted by Gasteiger charge is -2.17. The van der Waals surface area contributed by atoms with Crippen LogP contribution in [0.25, 0.3) is 12.2 Å². The Morgan fingerprint density at radius 3 is 1.52 bits per heavy atom. The van der Waals surface area contributed by atoms with Crippen molar-refractivity contribution in [2.45, 2.75) is 45.3 Å². The van der Waals surface area contributed by atoms with Crippen LogP contribution in [0, 0.1) is 22.7 Å². The molecule has 0 N–H and O–H groups in total. The highest BCUT2D eigenvalue weighted by Crippen LogP contribution is 2.29. The highest BCUT2D eigenvalue weighted by atomic mass is 16.5. The first-order valence-electron chi connectivity index (χ1n) is 10.3. The average Bonchev–Trinajstić information content (AvgIpc) is 2.78. The van der Waals surface area contributed by atoms with Crippen LogP contribution in [0.4, 0.5) is 0 Å². The highest BCUT2D eigenvalue weighted by molar-refractivity contribution is 6.13. The van der Waals surface area contributed by atoms with Gasteiger partial charge in [0.25, 0.3) is 0 Å². The molecule has 0 bridgehead atoms. The minimum absolute atomic E-state index is 0.0723. The van der Waals surface area contributed by atoms with Gasteiger partial charge in [-0.05, 0) is 80.7 Å². The predicted octanol–water partition coefficient (Wildman–Crippen LogP) is 5.49. The maximum Gasteiger partial charge on any atom is 0.185 e. The molecule has 31 heavy (non-hydrogen) atoms. The zero-order valence-corrected chi connectivity index (χ0v) is 17.7. The van der Waals surface area contributed by atoms with Gasteiger partial charge in [-0.25, -0.2) is 0 Å². The number of ether oxygens (including phenoxy) is 2. The summed E-state index contributed by atoms with van der Waals surface area (Å²) in [6.07, 6.45) is 5.25. The molecule has 5 nitrogen and oxygen atoms in total. The first-order valence-corrected chi connectivity index (χ1v) is 10.3. The monoisotopic (exact) mass is 412 g/mol. The Balaban J connectivity index is 1.72. The molecule has 0 aliphatic heterocycles.